The summed E-state index contributed by atoms with van der Waals surface area (Å²) in [6.07, 6.45) is 16.6. The average molecular weight is 355 g/mol. The van der Waals surface area contributed by atoms with Gasteiger partial charge in [-0.1, -0.05) is 56.2 Å². The standard InChI is InChI=1S/C24H34O2/c1-2-3-18-4-6-19(7-5-18)8-9-20-10-12-21(13-11-20)22-14-16-23(17-15-22)24(25)26/h8-13,18-19,22-23H,2-7,14-17H2,1H3,(H,25,26). The van der Waals surface area contributed by atoms with Crippen molar-refractivity contribution in [2.75, 3.05) is 0 Å². The maximum absolute atomic E-state index is 11.1. The zero-order chi connectivity index (χ0) is 18.4. The predicted molar refractivity (Wildman–Crippen MR) is 108 cm³/mol. The monoisotopic (exact) mass is 354 g/mol. The van der Waals surface area contributed by atoms with Crippen LogP contribution >= 0.6 is 0 Å². The number of hydrogen-bond acceptors (Lipinski definition) is 1. The van der Waals surface area contributed by atoms with E-state index in [1.54, 1.807) is 0 Å². The number of carboxylic acid groups (broad SMARTS) is 1. The van der Waals surface area contributed by atoms with Crippen molar-refractivity contribution in [3.8, 4) is 0 Å². The molecule has 2 nitrogen and oxygen atoms in total. The number of carbonyl (C=O) groups is 1. The summed E-state index contributed by atoms with van der Waals surface area (Å²) in [5, 5.41) is 9.13. The van der Waals surface area contributed by atoms with Gasteiger partial charge in [0.05, 0.1) is 5.92 Å². The molecule has 2 heteroatoms. The Morgan fingerprint density at radius 3 is 2.23 bits per heavy atom. The summed E-state index contributed by atoms with van der Waals surface area (Å²) in [5.41, 5.74) is 2.68. The van der Waals surface area contributed by atoms with Gasteiger partial charge in [-0.3, -0.25) is 4.79 Å². The Morgan fingerprint density at radius 1 is 1.00 bits per heavy atom. The van der Waals surface area contributed by atoms with Crippen LogP contribution in [0.3, 0.4) is 0 Å². The van der Waals surface area contributed by atoms with Gasteiger partial charge >= 0.3 is 5.97 Å². The Kier molecular flexibility index (Phi) is 6.93. The van der Waals surface area contributed by atoms with Crippen LogP contribution in [0.25, 0.3) is 6.08 Å². The molecule has 0 unspecified atom stereocenters. The van der Waals surface area contributed by atoms with Gasteiger partial charge in [-0.25, -0.2) is 0 Å². The van der Waals surface area contributed by atoms with Gasteiger partial charge in [0.2, 0.25) is 0 Å². The first-order valence-corrected chi connectivity index (χ1v) is 10.7. The molecule has 1 N–H and O–H groups in total. The normalized spacial score (nSPS) is 29.7. The van der Waals surface area contributed by atoms with Gasteiger partial charge in [0, 0.05) is 0 Å². The molecule has 0 aliphatic heterocycles. The SMILES string of the molecule is CCCC1CCC(C=Cc2ccc(C3CCC(C(=O)O)CC3)cc2)CC1. The summed E-state index contributed by atoms with van der Waals surface area (Å²) in [6.45, 7) is 2.30. The molecule has 26 heavy (non-hydrogen) atoms. The van der Waals surface area contributed by atoms with Gasteiger partial charge in [0.1, 0.15) is 0 Å². The Balaban J connectivity index is 1.48. The molecule has 0 radical (unpaired) electrons. The number of rotatable bonds is 6. The lowest BCUT2D eigenvalue weighted by molar-refractivity contribution is -0.142. The quantitative estimate of drug-likeness (QED) is 0.620. The third-order valence-electron chi connectivity index (χ3n) is 6.63. The van der Waals surface area contributed by atoms with Crippen molar-refractivity contribution >= 4 is 12.0 Å². The van der Waals surface area contributed by atoms with Crippen molar-refractivity contribution in [2.45, 2.75) is 77.0 Å². The molecule has 0 amide bonds. The first-order valence-electron chi connectivity index (χ1n) is 10.7. The number of aliphatic carboxylic acids is 1. The molecule has 142 valence electrons. The highest BCUT2D eigenvalue weighted by atomic mass is 16.4. The van der Waals surface area contributed by atoms with Gasteiger partial charge in [0.15, 0.2) is 0 Å². The van der Waals surface area contributed by atoms with Crippen LogP contribution in [0, 0.1) is 17.8 Å². The first kappa shape index (κ1) is 19.2. The van der Waals surface area contributed by atoms with Crippen molar-refractivity contribution in [1.29, 1.82) is 0 Å². The van der Waals surface area contributed by atoms with E-state index in [2.05, 4.69) is 43.3 Å². The van der Waals surface area contributed by atoms with E-state index in [1.165, 1.54) is 49.7 Å². The molecule has 2 aliphatic rings. The number of allylic oxidation sites excluding steroid dienone is 1. The van der Waals surface area contributed by atoms with E-state index >= 15 is 0 Å². The van der Waals surface area contributed by atoms with Crippen molar-refractivity contribution < 1.29 is 9.90 Å². The molecule has 0 bridgehead atoms. The third kappa shape index (κ3) is 5.22. The van der Waals surface area contributed by atoms with E-state index in [9.17, 15) is 4.79 Å². The largest absolute Gasteiger partial charge is 0.481 e. The van der Waals surface area contributed by atoms with E-state index in [-0.39, 0.29) is 5.92 Å². The maximum Gasteiger partial charge on any atom is 0.306 e. The molecule has 0 atom stereocenters. The third-order valence-corrected chi connectivity index (χ3v) is 6.63. The lowest BCUT2D eigenvalue weighted by atomic mass is 9.78. The molecular weight excluding hydrogens is 320 g/mol. The van der Waals surface area contributed by atoms with Crippen LogP contribution in [0.15, 0.2) is 30.3 Å². The molecule has 2 fully saturated rings. The lowest BCUT2D eigenvalue weighted by Crippen LogP contribution is -2.20. The number of hydrogen-bond donors (Lipinski definition) is 1. The second kappa shape index (κ2) is 9.39. The summed E-state index contributed by atoms with van der Waals surface area (Å²) in [6, 6.07) is 8.98. The molecular formula is C24H34O2. The molecule has 0 spiro atoms. The topological polar surface area (TPSA) is 37.3 Å². The van der Waals surface area contributed by atoms with Crippen LogP contribution in [0.2, 0.25) is 0 Å². The van der Waals surface area contributed by atoms with E-state index < -0.39 is 5.97 Å². The fourth-order valence-electron chi connectivity index (χ4n) is 4.88. The van der Waals surface area contributed by atoms with Crippen LogP contribution in [0.1, 0.15) is 88.2 Å². The Hall–Kier alpha value is -1.57. The van der Waals surface area contributed by atoms with Gasteiger partial charge < -0.3 is 5.11 Å². The van der Waals surface area contributed by atoms with Gasteiger partial charge in [-0.05, 0) is 80.2 Å². The molecule has 0 aromatic heterocycles. The zero-order valence-corrected chi connectivity index (χ0v) is 16.2. The van der Waals surface area contributed by atoms with Gasteiger partial charge in [0.25, 0.3) is 0 Å². The fraction of sp³-hybridized carbons (Fsp3) is 0.625. The number of benzene rings is 1. The van der Waals surface area contributed by atoms with Crippen LogP contribution in [-0.4, -0.2) is 11.1 Å². The average Bonchev–Trinajstić information content (AvgIpc) is 2.68. The predicted octanol–water partition coefficient (Wildman–Crippen LogP) is 6.66. The van der Waals surface area contributed by atoms with Gasteiger partial charge in [-0.15, -0.1) is 0 Å². The summed E-state index contributed by atoms with van der Waals surface area (Å²) >= 11 is 0. The van der Waals surface area contributed by atoms with Crippen LogP contribution in [-0.2, 0) is 4.79 Å². The molecule has 1 aromatic rings. The van der Waals surface area contributed by atoms with Crippen molar-refractivity contribution in [2.24, 2.45) is 17.8 Å². The summed E-state index contributed by atoms with van der Waals surface area (Å²) in [4.78, 5) is 11.1. The fourth-order valence-corrected chi connectivity index (χ4v) is 4.88. The Labute approximate surface area is 158 Å². The minimum atomic E-state index is -0.618. The summed E-state index contributed by atoms with van der Waals surface area (Å²) < 4.78 is 0. The second-order valence-electron chi connectivity index (χ2n) is 8.48. The van der Waals surface area contributed by atoms with E-state index in [0.717, 1.165) is 37.5 Å². The Bertz CT molecular complexity index is 585. The van der Waals surface area contributed by atoms with Gasteiger partial charge in [-0.2, -0.15) is 0 Å². The minimum Gasteiger partial charge on any atom is -0.481 e. The van der Waals surface area contributed by atoms with Crippen molar-refractivity contribution in [1.82, 2.24) is 0 Å². The molecule has 2 saturated carbocycles. The minimum absolute atomic E-state index is 0.124. The van der Waals surface area contributed by atoms with E-state index in [0.29, 0.717) is 5.92 Å². The van der Waals surface area contributed by atoms with Crippen molar-refractivity contribution in [3.63, 3.8) is 0 Å². The summed E-state index contributed by atoms with van der Waals surface area (Å²) in [5.74, 6) is 1.53. The van der Waals surface area contributed by atoms with E-state index in [4.69, 9.17) is 5.11 Å². The highest BCUT2D eigenvalue weighted by Gasteiger charge is 2.26. The molecule has 0 saturated heterocycles. The van der Waals surface area contributed by atoms with E-state index in [1.807, 2.05) is 0 Å². The highest BCUT2D eigenvalue weighted by molar-refractivity contribution is 5.70. The first-order chi connectivity index (χ1) is 12.7. The highest BCUT2D eigenvalue weighted by Crippen LogP contribution is 2.36. The molecule has 3 rings (SSSR count). The maximum atomic E-state index is 11.1. The van der Waals surface area contributed by atoms with Crippen molar-refractivity contribution in [3.05, 3.63) is 41.5 Å². The molecule has 0 heterocycles. The second-order valence-corrected chi connectivity index (χ2v) is 8.48. The lowest BCUT2D eigenvalue weighted by Gasteiger charge is -2.26. The molecule has 1 aromatic carbocycles. The smallest absolute Gasteiger partial charge is 0.306 e. The summed E-state index contributed by atoms with van der Waals surface area (Å²) in [7, 11) is 0. The molecule has 2 aliphatic carbocycles. The van der Waals surface area contributed by atoms with Crippen LogP contribution < -0.4 is 0 Å². The zero-order valence-electron chi connectivity index (χ0n) is 16.2. The van der Waals surface area contributed by atoms with Crippen LogP contribution in [0.4, 0.5) is 0 Å². The van der Waals surface area contributed by atoms with Crippen LogP contribution in [0.5, 0.6) is 0 Å². The number of carboxylic acids is 1. The Morgan fingerprint density at radius 2 is 1.65 bits per heavy atom.